The van der Waals surface area contributed by atoms with Gasteiger partial charge in [0.2, 0.25) is 0 Å². The zero-order chi connectivity index (χ0) is 22.0. The third kappa shape index (κ3) is 4.56. The first kappa shape index (κ1) is 20.2. The van der Waals surface area contributed by atoms with Crippen molar-refractivity contribution in [3.63, 3.8) is 0 Å². The highest BCUT2D eigenvalue weighted by atomic mass is 19.1. The summed E-state index contributed by atoms with van der Waals surface area (Å²) in [4.78, 5) is 23.5. The monoisotopic (exact) mass is 419 g/mol. The molecule has 156 valence electrons. The van der Waals surface area contributed by atoms with Gasteiger partial charge in [0.1, 0.15) is 17.2 Å². The van der Waals surface area contributed by atoms with E-state index in [4.69, 9.17) is 9.15 Å². The van der Waals surface area contributed by atoms with E-state index in [0.717, 1.165) is 22.1 Å². The van der Waals surface area contributed by atoms with Crippen molar-refractivity contribution in [1.29, 1.82) is 0 Å². The van der Waals surface area contributed by atoms with Crippen LogP contribution in [0.4, 0.5) is 14.9 Å². The zero-order valence-corrected chi connectivity index (χ0v) is 16.5. The van der Waals surface area contributed by atoms with Crippen molar-refractivity contribution in [3.05, 3.63) is 89.4 Å². The van der Waals surface area contributed by atoms with E-state index in [0.29, 0.717) is 11.3 Å². The first-order valence-electron chi connectivity index (χ1n) is 9.45. The molecule has 6 nitrogen and oxygen atoms in total. The lowest BCUT2D eigenvalue weighted by Crippen LogP contribution is -2.16. The summed E-state index contributed by atoms with van der Waals surface area (Å²) in [7, 11) is 0. The lowest BCUT2D eigenvalue weighted by molar-refractivity contribution is 0.0698. The van der Waals surface area contributed by atoms with Gasteiger partial charge in [-0.1, -0.05) is 29.8 Å². The van der Waals surface area contributed by atoms with Gasteiger partial charge in [0.25, 0.3) is 0 Å². The first-order valence-corrected chi connectivity index (χ1v) is 9.45. The molecule has 0 saturated carbocycles. The summed E-state index contributed by atoms with van der Waals surface area (Å²) in [6.07, 6.45) is -0.793. The molecular formula is C24H18FNO5. The third-order valence-corrected chi connectivity index (χ3v) is 4.73. The molecule has 0 unspecified atom stereocenters. The standard InChI is InChI=1S/C24H18FNO5/c1-14-2-8-21(20(10-14)23(27)28)26-24(29)30-13-19-12-17-11-16(5-9-22(17)31-19)15-3-6-18(25)7-4-15/h2-12H,13H2,1H3,(H,26,29)(H,27,28). The van der Waals surface area contributed by atoms with Crippen LogP contribution in [0.3, 0.4) is 0 Å². The minimum Gasteiger partial charge on any atom is -0.478 e. The van der Waals surface area contributed by atoms with E-state index >= 15 is 0 Å². The molecule has 1 amide bonds. The number of carbonyl (C=O) groups excluding carboxylic acids is 1. The molecule has 31 heavy (non-hydrogen) atoms. The molecule has 0 saturated heterocycles. The maximum Gasteiger partial charge on any atom is 0.412 e. The molecule has 0 aliphatic carbocycles. The number of nitrogens with one attached hydrogen (secondary N) is 1. The average Bonchev–Trinajstić information content (AvgIpc) is 3.16. The van der Waals surface area contributed by atoms with E-state index in [1.165, 1.54) is 24.3 Å². The number of anilines is 1. The Kier molecular flexibility index (Phi) is 5.41. The number of benzene rings is 3. The summed E-state index contributed by atoms with van der Waals surface area (Å²) in [5, 5.41) is 12.5. The summed E-state index contributed by atoms with van der Waals surface area (Å²) in [5.74, 6) is -1.01. The number of hydrogen-bond acceptors (Lipinski definition) is 4. The van der Waals surface area contributed by atoms with Crippen molar-refractivity contribution in [1.82, 2.24) is 0 Å². The molecule has 4 rings (SSSR count). The molecule has 2 N–H and O–H groups in total. The second-order valence-corrected chi connectivity index (χ2v) is 7.03. The van der Waals surface area contributed by atoms with Gasteiger partial charge >= 0.3 is 12.1 Å². The fourth-order valence-electron chi connectivity index (χ4n) is 3.22. The van der Waals surface area contributed by atoms with Crippen LogP contribution in [0.15, 0.2) is 71.1 Å². The van der Waals surface area contributed by atoms with Crippen LogP contribution in [0.2, 0.25) is 0 Å². The topological polar surface area (TPSA) is 88.8 Å². The number of hydrogen-bond donors (Lipinski definition) is 2. The number of carboxylic acid groups (broad SMARTS) is 1. The summed E-state index contributed by atoms with van der Waals surface area (Å²) in [6.45, 7) is 1.64. The number of rotatable bonds is 5. The molecule has 0 bridgehead atoms. The Balaban J connectivity index is 1.45. The summed E-state index contributed by atoms with van der Waals surface area (Å²) < 4.78 is 24.0. The van der Waals surface area contributed by atoms with Gasteiger partial charge in [-0.05, 0) is 60.5 Å². The van der Waals surface area contributed by atoms with Crippen molar-refractivity contribution in [2.24, 2.45) is 0 Å². The first-order chi connectivity index (χ1) is 14.9. The molecule has 0 fully saturated rings. The molecular weight excluding hydrogens is 401 g/mol. The van der Waals surface area contributed by atoms with Gasteiger partial charge in [0.15, 0.2) is 6.61 Å². The van der Waals surface area contributed by atoms with Crippen LogP contribution in [0.5, 0.6) is 0 Å². The van der Waals surface area contributed by atoms with E-state index in [1.54, 1.807) is 37.3 Å². The molecule has 4 aromatic rings. The van der Waals surface area contributed by atoms with Gasteiger partial charge in [0, 0.05) is 5.39 Å². The molecule has 1 heterocycles. The molecule has 1 aromatic heterocycles. The number of halogens is 1. The number of fused-ring (bicyclic) bond motifs is 1. The Labute approximate surface area is 176 Å². The smallest absolute Gasteiger partial charge is 0.412 e. The number of ether oxygens (including phenoxy) is 1. The predicted molar refractivity (Wildman–Crippen MR) is 114 cm³/mol. The minimum absolute atomic E-state index is 0.0194. The Morgan fingerprint density at radius 2 is 1.74 bits per heavy atom. The molecule has 0 aliphatic heterocycles. The summed E-state index contributed by atoms with van der Waals surface area (Å²) in [5.41, 5.74) is 3.29. The quantitative estimate of drug-likeness (QED) is 0.414. The molecule has 7 heteroatoms. The van der Waals surface area contributed by atoms with Crippen molar-refractivity contribution >= 4 is 28.7 Å². The molecule has 0 atom stereocenters. The van der Waals surface area contributed by atoms with Crippen LogP contribution < -0.4 is 5.32 Å². The van der Waals surface area contributed by atoms with Gasteiger partial charge < -0.3 is 14.3 Å². The highest BCUT2D eigenvalue weighted by Crippen LogP contribution is 2.27. The molecule has 0 aliphatic rings. The lowest BCUT2D eigenvalue weighted by atomic mass is 10.0. The van der Waals surface area contributed by atoms with Gasteiger partial charge in [-0.25, -0.2) is 14.0 Å². The van der Waals surface area contributed by atoms with E-state index in [2.05, 4.69) is 5.32 Å². The Morgan fingerprint density at radius 3 is 2.48 bits per heavy atom. The van der Waals surface area contributed by atoms with Crippen molar-refractivity contribution in [3.8, 4) is 11.1 Å². The van der Waals surface area contributed by atoms with Crippen LogP contribution in [0.25, 0.3) is 22.1 Å². The predicted octanol–water partition coefficient (Wildman–Crippen LogP) is 5.99. The zero-order valence-electron chi connectivity index (χ0n) is 16.5. The van der Waals surface area contributed by atoms with E-state index < -0.39 is 12.1 Å². The normalized spacial score (nSPS) is 10.8. The number of furan rings is 1. The summed E-state index contributed by atoms with van der Waals surface area (Å²) >= 11 is 0. The van der Waals surface area contributed by atoms with Gasteiger partial charge in [-0.3, -0.25) is 5.32 Å². The Bertz CT molecular complexity index is 1280. The van der Waals surface area contributed by atoms with Gasteiger partial charge in [0.05, 0.1) is 11.3 Å². The van der Waals surface area contributed by atoms with E-state index in [1.807, 2.05) is 12.1 Å². The fourth-order valence-corrected chi connectivity index (χ4v) is 3.22. The number of amides is 1. The van der Waals surface area contributed by atoms with Crippen molar-refractivity contribution < 1.29 is 28.2 Å². The van der Waals surface area contributed by atoms with Crippen molar-refractivity contribution in [2.45, 2.75) is 13.5 Å². The van der Waals surface area contributed by atoms with Crippen LogP contribution in [0.1, 0.15) is 21.7 Å². The Morgan fingerprint density at radius 1 is 1.00 bits per heavy atom. The lowest BCUT2D eigenvalue weighted by Gasteiger charge is -2.09. The van der Waals surface area contributed by atoms with E-state index in [9.17, 15) is 19.1 Å². The SMILES string of the molecule is Cc1ccc(NC(=O)OCc2cc3cc(-c4ccc(F)cc4)ccc3o2)c(C(=O)O)c1. The van der Waals surface area contributed by atoms with Crippen LogP contribution in [-0.2, 0) is 11.3 Å². The second kappa shape index (κ2) is 8.31. The highest BCUT2D eigenvalue weighted by Gasteiger charge is 2.14. The van der Waals surface area contributed by atoms with E-state index in [-0.39, 0.29) is 23.7 Å². The largest absolute Gasteiger partial charge is 0.478 e. The van der Waals surface area contributed by atoms with Crippen LogP contribution in [-0.4, -0.2) is 17.2 Å². The molecule has 0 radical (unpaired) electrons. The maximum absolute atomic E-state index is 13.1. The van der Waals surface area contributed by atoms with Crippen molar-refractivity contribution in [2.75, 3.05) is 5.32 Å². The number of aromatic carboxylic acids is 1. The number of carboxylic acids is 1. The van der Waals surface area contributed by atoms with Crippen LogP contribution >= 0.6 is 0 Å². The van der Waals surface area contributed by atoms with Crippen LogP contribution in [0, 0.1) is 12.7 Å². The molecule has 3 aromatic carbocycles. The fraction of sp³-hybridized carbons (Fsp3) is 0.0833. The molecule has 0 spiro atoms. The van der Waals surface area contributed by atoms with Gasteiger partial charge in [-0.2, -0.15) is 0 Å². The average molecular weight is 419 g/mol. The minimum atomic E-state index is -1.15. The third-order valence-electron chi connectivity index (χ3n) is 4.73. The van der Waals surface area contributed by atoms with Gasteiger partial charge in [-0.15, -0.1) is 0 Å². The number of aryl methyl sites for hydroxylation is 1. The number of carbonyl (C=O) groups is 2. The Hall–Kier alpha value is -4.13. The maximum atomic E-state index is 13.1. The highest BCUT2D eigenvalue weighted by molar-refractivity contribution is 5.98. The summed E-state index contributed by atoms with van der Waals surface area (Å²) in [6, 6.07) is 18.2. The second-order valence-electron chi connectivity index (χ2n) is 7.03.